The summed E-state index contributed by atoms with van der Waals surface area (Å²) >= 11 is 0. The van der Waals surface area contributed by atoms with Crippen LogP contribution in [0.2, 0.25) is 0 Å². The standard InChI is InChI=1S/C21H28N2O2/c1-17(2)23(15-18-9-5-4-6-10-18)16-21(24)22-14-13-19-11-7-8-12-20(19)25-3/h4-12,17H,13-16H2,1-3H3,(H,22,24). The monoisotopic (exact) mass is 340 g/mol. The predicted molar refractivity (Wildman–Crippen MR) is 102 cm³/mol. The lowest BCUT2D eigenvalue weighted by Gasteiger charge is -2.26. The van der Waals surface area contributed by atoms with E-state index in [2.05, 4.69) is 36.2 Å². The van der Waals surface area contributed by atoms with Gasteiger partial charge in [-0.15, -0.1) is 0 Å². The third-order valence-corrected chi connectivity index (χ3v) is 4.21. The number of rotatable bonds is 9. The quantitative estimate of drug-likeness (QED) is 0.762. The number of benzene rings is 2. The summed E-state index contributed by atoms with van der Waals surface area (Å²) in [7, 11) is 1.67. The fraction of sp³-hybridized carbons (Fsp3) is 0.381. The molecule has 1 N–H and O–H groups in total. The van der Waals surface area contributed by atoms with Gasteiger partial charge in [0.25, 0.3) is 0 Å². The van der Waals surface area contributed by atoms with Crippen LogP contribution in [0.3, 0.4) is 0 Å². The van der Waals surface area contributed by atoms with Crippen LogP contribution in [0.25, 0.3) is 0 Å². The molecule has 2 aromatic rings. The molecule has 0 heterocycles. The van der Waals surface area contributed by atoms with Crippen LogP contribution >= 0.6 is 0 Å². The largest absolute Gasteiger partial charge is 0.496 e. The van der Waals surface area contributed by atoms with E-state index in [-0.39, 0.29) is 5.91 Å². The molecular formula is C21H28N2O2. The number of hydrogen-bond acceptors (Lipinski definition) is 3. The van der Waals surface area contributed by atoms with Gasteiger partial charge in [0.1, 0.15) is 5.75 Å². The summed E-state index contributed by atoms with van der Waals surface area (Å²) in [5, 5.41) is 3.02. The van der Waals surface area contributed by atoms with Crippen LogP contribution in [0, 0.1) is 0 Å². The third-order valence-electron chi connectivity index (χ3n) is 4.21. The van der Waals surface area contributed by atoms with Crippen molar-refractivity contribution in [3.63, 3.8) is 0 Å². The van der Waals surface area contributed by atoms with Crippen LogP contribution in [0.15, 0.2) is 54.6 Å². The summed E-state index contributed by atoms with van der Waals surface area (Å²) in [6.45, 7) is 6.02. The number of para-hydroxylation sites is 1. The van der Waals surface area contributed by atoms with E-state index in [1.54, 1.807) is 7.11 Å². The summed E-state index contributed by atoms with van der Waals surface area (Å²) in [6, 6.07) is 18.5. The molecule has 0 aliphatic rings. The first-order chi connectivity index (χ1) is 12.1. The van der Waals surface area contributed by atoms with E-state index in [1.807, 2.05) is 42.5 Å². The Morgan fingerprint density at radius 1 is 1.08 bits per heavy atom. The highest BCUT2D eigenvalue weighted by Crippen LogP contribution is 2.17. The number of methoxy groups -OCH3 is 1. The van der Waals surface area contributed by atoms with Crippen molar-refractivity contribution in [3.05, 3.63) is 65.7 Å². The van der Waals surface area contributed by atoms with Crippen LogP contribution in [0.5, 0.6) is 5.75 Å². The highest BCUT2D eigenvalue weighted by molar-refractivity contribution is 5.78. The molecule has 0 saturated carbocycles. The lowest BCUT2D eigenvalue weighted by Crippen LogP contribution is -2.40. The van der Waals surface area contributed by atoms with Crippen LogP contribution in [-0.2, 0) is 17.8 Å². The average molecular weight is 340 g/mol. The van der Waals surface area contributed by atoms with Gasteiger partial charge in [0.2, 0.25) is 5.91 Å². The summed E-state index contributed by atoms with van der Waals surface area (Å²) in [6.07, 6.45) is 0.760. The minimum atomic E-state index is 0.0551. The molecule has 0 aromatic heterocycles. The zero-order valence-corrected chi connectivity index (χ0v) is 15.4. The number of carbonyl (C=O) groups excluding carboxylic acids is 1. The van der Waals surface area contributed by atoms with Crippen LogP contribution in [0.1, 0.15) is 25.0 Å². The zero-order valence-electron chi connectivity index (χ0n) is 15.4. The van der Waals surface area contributed by atoms with Gasteiger partial charge in [-0.3, -0.25) is 9.69 Å². The van der Waals surface area contributed by atoms with E-state index >= 15 is 0 Å². The average Bonchev–Trinajstić information content (AvgIpc) is 2.62. The van der Waals surface area contributed by atoms with Crippen molar-refractivity contribution in [1.29, 1.82) is 0 Å². The van der Waals surface area contributed by atoms with E-state index in [1.165, 1.54) is 5.56 Å². The lowest BCUT2D eigenvalue weighted by atomic mass is 10.1. The van der Waals surface area contributed by atoms with E-state index in [0.717, 1.165) is 24.3 Å². The number of nitrogens with zero attached hydrogens (tertiary/aromatic N) is 1. The second-order valence-corrected chi connectivity index (χ2v) is 6.40. The molecule has 0 radical (unpaired) electrons. The van der Waals surface area contributed by atoms with Gasteiger partial charge in [-0.05, 0) is 37.5 Å². The molecule has 2 aromatic carbocycles. The second kappa shape index (κ2) is 9.84. The van der Waals surface area contributed by atoms with E-state index in [0.29, 0.717) is 19.1 Å². The number of nitrogens with one attached hydrogen (secondary N) is 1. The second-order valence-electron chi connectivity index (χ2n) is 6.40. The molecule has 1 amide bonds. The maximum Gasteiger partial charge on any atom is 0.234 e. The van der Waals surface area contributed by atoms with Gasteiger partial charge in [-0.2, -0.15) is 0 Å². The topological polar surface area (TPSA) is 41.6 Å². The van der Waals surface area contributed by atoms with Crippen molar-refractivity contribution < 1.29 is 9.53 Å². The molecule has 0 bridgehead atoms. The highest BCUT2D eigenvalue weighted by atomic mass is 16.5. The first-order valence-electron chi connectivity index (χ1n) is 8.76. The Balaban J connectivity index is 1.83. The molecule has 0 saturated heterocycles. The van der Waals surface area contributed by atoms with Gasteiger partial charge in [-0.1, -0.05) is 48.5 Å². The molecule has 25 heavy (non-hydrogen) atoms. The van der Waals surface area contributed by atoms with Crippen molar-refractivity contribution in [2.75, 3.05) is 20.2 Å². The molecule has 0 aliphatic heterocycles. The number of carbonyl (C=O) groups is 1. The Morgan fingerprint density at radius 2 is 1.76 bits per heavy atom. The number of hydrogen-bond donors (Lipinski definition) is 1. The lowest BCUT2D eigenvalue weighted by molar-refractivity contribution is -0.122. The molecular weight excluding hydrogens is 312 g/mol. The molecule has 4 nitrogen and oxygen atoms in total. The summed E-state index contributed by atoms with van der Waals surface area (Å²) in [5.74, 6) is 0.921. The molecule has 4 heteroatoms. The van der Waals surface area contributed by atoms with Gasteiger partial charge in [0, 0.05) is 19.1 Å². The predicted octanol–water partition coefficient (Wildman–Crippen LogP) is 3.26. The van der Waals surface area contributed by atoms with Crippen molar-refractivity contribution in [3.8, 4) is 5.75 Å². The van der Waals surface area contributed by atoms with Gasteiger partial charge in [0.05, 0.1) is 13.7 Å². The Bertz CT molecular complexity index is 656. The maximum atomic E-state index is 12.3. The van der Waals surface area contributed by atoms with E-state index in [4.69, 9.17) is 4.74 Å². The van der Waals surface area contributed by atoms with Gasteiger partial charge in [0.15, 0.2) is 0 Å². The zero-order chi connectivity index (χ0) is 18.1. The molecule has 0 spiro atoms. The van der Waals surface area contributed by atoms with E-state index < -0.39 is 0 Å². The first kappa shape index (κ1) is 19.0. The van der Waals surface area contributed by atoms with Crippen LogP contribution < -0.4 is 10.1 Å². The summed E-state index contributed by atoms with van der Waals surface area (Å²) in [5.41, 5.74) is 2.33. The molecule has 0 fully saturated rings. The Hall–Kier alpha value is -2.33. The third kappa shape index (κ3) is 6.24. The Morgan fingerprint density at radius 3 is 2.44 bits per heavy atom. The summed E-state index contributed by atoms with van der Waals surface area (Å²) in [4.78, 5) is 14.5. The number of ether oxygens (including phenoxy) is 1. The highest BCUT2D eigenvalue weighted by Gasteiger charge is 2.14. The maximum absolute atomic E-state index is 12.3. The van der Waals surface area contributed by atoms with Crippen LogP contribution in [-0.4, -0.2) is 37.0 Å². The Labute approximate surface area is 150 Å². The van der Waals surface area contributed by atoms with Crippen molar-refractivity contribution >= 4 is 5.91 Å². The Kier molecular flexibility index (Phi) is 7.48. The van der Waals surface area contributed by atoms with Gasteiger partial charge >= 0.3 is 0 Å². The smallest absolute Gasteiger partial charge is 0.234 e. The van der Waals surface area contributed by atoms with Crippen molar-refractivity contribution in [2.24, 2.45) is 0 Å². The van der Waals surface area contributed by atoms with E-state index in [9.17, 15) is 4.79 Å². The minimum Gasteiger partial charge on any atom is -0.496 e. The molecule has 0 unspecified atom stereocenters. The normalized spacial score (nSPS) is 10.9. The molecule has 0 aliphatic carbocycles. The van der Waals surface area contributed by atoms with Gasteiger partial charge < -0.3 is 10.1 Å². The number of amides is 1. The van der Waals surface area contributed by atoms with Crippen LogP contribution in [0.4, 0.5) is 0 Å². The fourth-order valence-electron chi connectivity index (χ4n) is 2.73. The van der Waals surface area contributed by atoms with Crippen molar-refractivity contribution in [2.45, 2.75) is 32.9 Å². The molecule has 2 rings (SSSR count). The SMILES string of the molecule is COc1ccccc1CCNC(=O)CN(Cc1ccccc1)C(C)C. The van der Waals surface area contributed by atoms with Crippen molar-refractivity contribution in [1.82, 2.24) is 10.2 Å². The molecule has 134 valence electrons. The van der Waals surface area contributed by atoms with Gasteiger partial charge in [-0.25, -0.2) is 0 Å². The summed E-state index contributed by atoms with van der Waals surface area (Å²) < 4.78 is 5.34. The minimum absolute atomic E-state index is 0.0551. The first-order valence-corrected chi connectivity index (χ1v) is 8.76. The fourth-order valence-corrected chi connectivity index (χ4v) is 2.73. The molecule has 0 atom stereocenters.